The molecule has 0 aliphatic rings. The lowest BCUT2D eigenvalue weighted by atomic mass is 10.1. The minimum absolute atomic E-state index is 0. The van der Waals surface area contributed by atoms with Gasteiger partial charge < -0.3 is 20.7 Å². The van der Waals surface area contributed by atoms with E-state index in [-0.39, 0.29) is 24.8 Å². The Balaban J connectivity index is 0.00000196. The predicted octanol–water partition coefficient (Wildman–Crippen LogP) is 1.58. The van der Waals surface area contributed by atoms with E-state index < -0.39 is 6.04 Å². The van der Waals surface area contributed by atoms with Crippen molar-refractivity contribution in [1.29, 1.82) is 0 Å². The smallest absolute Gasteiger partial charge is 0.172 e. The summed E-state index contributed by atoms with van der Waals surface area (Å²) < 4.78 is 5.44. The molecule has 1 aromatic rings. The number of hydrogen-bond acceptors (Lipinski definition) is 4. The molecule has 0 saturated carbocycles. The van der Waals surface area contributed by atoms with Crippen LogP contribution in [0.3, 0.4) is 0 Å². The van der Waals surface area contributed by atoms with Gasteiger partial charge in [-0.15, -0.1) is 12.4 Å². The van der Waals surface area contributed by atoms with Crippen LogP contribution in [0, 0.1) is 0 Å². The lowest BCUT2D eigenvalue weighted by molar-refractivity contribution is 0.267. The third kappa shape index (κ3) is 3.24. The van der Waals surface area contributed by atoms with Crippen molar-refractivity contribution in [3.05, 3.63) is 22.2 Å². The summed E-state index contributed by atoms with van der Waals surface area (Å²) in [6.45, 7) is -0.152. The number of halogens is 2. The Morgan fingerprint density at radius 2 is 2.13 bits per heavy atom. The minimum Gasteiger partial charge on any atom is -0.503 e. The normalized spacial score (nSPS) is 11.7. The fourth-order valence-electron chi connectivity index (χ4n) is 1.07. The zero-order valence-electron chi connectivity index (χ0n) is 8.11. The first-order valence-electron chi connectivity index (χ1n) is 4.03. The van der Waals surface area contributed by atoms with Gasteiger partial charge in [-0.1, -0.05) is 0 Å². The summed E-state index contributed by atoms with van der Waals surface area (Å²) in [7, 11) is 1.45. The molecule has 1 atom stereocenters. The zero-order valence-corrected chi connectivity index (χ0v) is 10.5. The van der Waals surface area contributed by atoms with Crippen molar-refractivity contribution >= 4 is 28.3 Å². The number of phenols is 1. The molecule has 0 unspecified atom stereocenters. The van der Waals surface area contributed by atoms with Crippen LogP contribution in [0.15, 0.2) is 16.6 Å². The monoisotopic (exact) mass is 297 g/mol. The van der Waals surface area contributed by atoms with Crippen LogP contribution in [0.4, 0.5) is 0 Å². The molecular weight excluding hydrogens is 285 g/mol. The van der Waals surface area contributed by atoms with E-state index in [1.807, 2.05) is 0 Å². The highest BCUT2D eigenvalue weighted by Crippen LogP contribution is 2.36. The molecule has 86 valence electrons. The Morgan fingerprint density at radius 1 is 1.53 bits per heavy atom. The van der Waals surface area contributed by atoms with Crippen LogP contribution in [-0.4, -0.2) is 23.9 Å². The van der Waals surface area contributed by atoms with Crippen molar-refractivity contribution in [3.8, 4) is 11.5 Å². The van der Waals surface area contributed by atoms with E-state index >= 15 is 0 Å². The molecule has 0 bridgehead atoms. The van der Waals surface area contributed by atoms with Gasteiger partial charge in [0.15, 0.2) is 11.5 Å². The Labute approximate surface area is 103 Å². The summed E-state index contributed by atoms with van der Waals surface area (Å²) in [6.07, 6.45) is 0. The van der Waals surface area contributed by atoms with Gasteiger partial charge in [0.05, 0.1) is 24.2 Å². The molecule has 0 aliphatic carbocycles. The first-order valence-corrected chi connectivity index (χ1v) is 4.82. The number of rotatable bonds is 3. The second-order valence-corrected chi connectivity index (χ2v) is 3.70. The van der Waals surface area contributed by atoms with E-state index in [1.54, 1.807) is 12.1 Å². The third-order valence-corrected chi connectivity index (χ3v) is 2.50. The molecule has 4 N–H and O–H groups in total. The van der Waals surface area contributed by atoms with Crippen LogP contribution in [0.1, 0.15) is 11.6 Å². The standard InChI is InChI=1S/C9H12BrNO3.ClH/c1-14-8-3-5(7(11)4-12)2-6(10)9(8)13;/h2-3,7,12-13H,4,11H2,1H3;1H/t7-;/m1./s1. The fraction of sp³-hybridized carbons (Fsp3) is 0.333. The van der Waals surface area contributed by atoms with E-state index in [0.717, 1.165) is 0 Å². The highest BCUT2D eigenvalue weighted by Gasteiger charge is 2.12. The van der Waals surface area contributed by atoms with Crippen LogP contribution >= 0.6 is 28.3 Å². The molecule has 4 nitrogen and oxygen atoms in total. The maximum Gasteiger partial charge on any atom is 0.172 e. The van der Waals surface area contributed by atoms with Gasteiger partial charge in [-0.2, -0.15) is 0 Å². The van der Waals surface area contributed by atoms with Gasteiger partial charge in [-0.05, 0) is 33.6 Å². The van der Waals surface area contributed by atoms with Gasteiger partial charge in [0.2, 0.25) is 0 Å². The number of hydrogen-bond donors (Lipinski definition) is 3. The quantitative estimate of drug-likeness (QED) is 0.792. The van der Waals surface area contributed by atoms with Gasteiger partial charge in [0, 0.05) is 0 Å². The molecule has 0 spiro atoms. The number of ether oxygens (including phenoxy) is 1. The first-order chi connectivity index (χ1) is 6.60. The molecule has 6 heteroatoms. The average molecular weight is 299 g/mol. The van der Waals surface area contributed by atoms with Crippen LogP contribution in [-0.2, 0) is 0 Å². The van der Waals surface area contributed by atoms with Crippen LogP contribution in [0.5, 0.6) is 11.5 Å². The van der Waals surface area contributed by atoms with Crippen molar-refractivity contribution in [2.45, 2.75) is 6.04 Å². The highest BCUT2D eigenvalue weighted by atomic mass is 79.9. The van der Waals surface area contributed by atoms with Gasteiger partial charge >= 0.3 is 0 Å². The Morgan fingerprint density at radius 3 is 2.60 bits per heavy atom. The molecule has 0 amide bonds. The number of aliphatic hydroxyl groups is 1. The van der Waals surface area contributed by atoms with Crippen LogP contribution in [0.25, 0.3) is 0 Å². The van der Waals surface area contributed by atoms with E-state index in [2.05, 4.69) is 15.9 Å². The maximum absolute atomic E-state index is 9.50. The van der Waals surface area contributed by atoms with Crippen molar-refractivity contribution in [1.82, 2.24) is 0 Å². The summed E-state index contributed by atoms with van der Waals surface area (Å²) in [5.41, 5.74) is 6.33. The summed E-state index contributed by atoms with van der Waals surface area (Å²) in [5, 5.41) is 18.4. The van der Waals surface area contributed by atoms with Crippen molar-refractivity contribution in [2.75, 3.05) is 13.7 Å². The Kier molecular flexibility index (Phi) is 5.97. The molecule has 0 aromatic heterocycles. The molecule has 1 aromatic carbocycles. The molecule has 0 heterocycles. The Bertz CT molecular complexity index is 335. The van der Waals surface area contributed by atoms with Gasteiger partial charge in [-0.25, -0.2) is 0 Å². The van der Waals surface area contributed by atoms with Crippen molar-refractivity contribution < 1.29 is 14.9 Å². The number of nitrogens with two attached hydrogens (primary N) is 1. The molecule has 0 aliphatic heterocycles. The Hall–Kier alpha value is -0.490. The molecular formula is C9H13BrClNO3. The zero-order chi connectivity index (χ0) is 10.7. The largest absolute Gasteiger partial charge is 0.503 e. The SMILES string of the molecule is COc1cc([C@H](N)CO)cc(Br)c1O.Cl. The molecule has 0 radical (unpaired) electrons. The lowest BCUT2D eigenvalue weighted by Gasteiger charge is -2.12. The summed E-state index contributed by atoms with van der Waals surface area (Å²) in [4.78, 5) is 0. The summed E-state index contributed by atoms with van der Waals surface area (Å²) in [6, 6.07) is 2.78. The second-order valence-electron chi connectivity index (χ2n) is 2.84. The van der Waals surface area contributed by atoms with E-state index in [1.165, 1.54) is 7.11 Å². The van der Waals surface area contributed by atoms with Gasteiger partial charge in [0.1, 0.15) is 0 Å². The topological polar surface area (TPSA) is 75.7 Å². The summed E-state index contributed by atoms with van der Waals surface area (Å²) >= 11 is 3.17. The number of aromatic hydroxyl groups is 1. The molecule has 0 fully saturated rings. The van der Waals surface area contributed by atoms with Crippen molar-refractivity contribution in [3.63, 3.8) is 0 Å². The van der Waals surface area contributed by atoms with Crippen LogP contribution in [0.2, 0.25) is 0 Å². The maximum atomic E-state index is 9.50. The van der Waals surface area contributed by atoms with E-state index in [0.29, 0.717) is 15.8 Å². The number of phenolic OH excluding ortho intramolecular Hbond substituents is 1. The highest BCUT2D eigenvalue weighted by molar-refractivity contribution is 9.10. The molecule has 15 heavy (non-hydrogen) atoms. The third-order valence-electron chi connectivity index (χ3n) is 1.90. The fourth-order valence-corrected chi connectivity index (χ4v) is 1.53. The number of methoxy groups -OCH3 is 1. The van der Waals surface area contributed by atoms with Gasteiger partial charge in [0.25, 0.3) is 0 Å². The van der Waals surface area contributed by atoms with Crippen LogP contribution < -0.4 is 10.5 Å². The van der Waals surface area contributed by atoms with Crippen molar-refractivity contribution in [2.24, 2.45) is 5.73 Å². The van der Waals surface area contributed by atoms with E-state index in [4.69, 9.17) is 15.6 Å². The minimum atomic E-state index is -0.471. The number of benzene rings is 1. The lowest BCUT2D eigenvalue weighted by Crippen LogP contribution is -2.14. The van der Waals surface area contributed by atoms with Gasteiger partial charge in [-0.3, -0.25) is 0 Å². The molecule has 0 saturated heterocycles. The number of aliphatic hydroxyl groups excluding tert-OH is 1. The second kappa shape index (κ2) is 6.17. The average Bonchev–Trinajstić information content (AvgIpc) is 2.20. The van der Waals surface area contributed by atoms with E-state index in [9.17, 15) is 5.11 Å². The molecule has 1 rings (SSSR count). The first kappa shape index (κ1) is 14.5. The predicted molar refractivity (Wildman–Crippen MR) is 63.6 cm³/mol. The summed E-state index contributed by atoms with van der Waals surface area (Å²) in [5.74, 6) is 0.361.